The number of benzene rings is 1. The molecule has 3 unspecified atom stereocenters. The van der Waals surface area contributed by atoms with E-state index >= 15 is 0 Å². The number of hydrogen-bond donors (Lipinski definition) is 4. The molecule has 1 aromatic carbocycles. The molecule has 4 saturated heterocycles. The van der Waals surface area contributed by atoms with E-state index in [1.165, 1.54) is 12.1 Å². The number of nitrogens with zero attached hydrogens (tertiary/aromatic N) is 3. The van der Waals surface area contributed by atoms with Gasteiger partial charge in [0.25, 0.3) is 0 Å². The van der Waals surface area contributed by atoms with Crippen LogP contribution in [0.3, 0.4) is 0 Å². The van der Waals surface area contributed by atoms with E-state index in [0.717, 1.165) is 0 Å². The molecule has 1 aromatic rings. The predicted molar refractivity (Wildman–Crippen MR) is 149 cm³/mol. The quantitative estimate of drug-likeness (QED) is 0.410. The number of piperidine rings is 2. The molecule has 0 radical (unpaired) electrons. The Hall–Kier alpha value is -3.08. The Labute approximate surface area is 244 Å². The second-order valence-corrected chi connectivity index (χ2v) is 12.8. The summed E-state index contributed by atoms with van der Waals surface area (Å²) in [5.74, 6) is -0.615. The minimum absolute atomic E-state index is 0.0152. The lowest BCUT2D eigenvalue weighted by Crippen LogP contribution is -2.62. The summed E-state index contributed by atoms with van der Waals surface area (Å²) in [4.78, 5) is 27.5. The van der Waals surface area contributed by atoms with Gasteiger partial charge in [-0.1, -0.05) is 12.1 Å². The number of hydrogen-bond acceptors (Lipinski definition) is 8. The van der Waals surface area contributed by atoms with E-state index in [2.05, 4.69) is 32.5 Å². The predicted octanol–water partition coefficient (Wildman–Crippen LogP) is 3.57. The molecular weight excluding hydrogens is 551 g/mol. The van der Waals surface area contributed by atoms with Crippen LogP contribution in [0.2, 0.25) is 0 Å². The molecular formula is C29H40F3N7O3. The van der Waals surface area contributed by atoms with Gasteiger partial charge in [-0.2, -0.15) is 18.4 Å². The number of fused-ring (bicyclic) bond motifs is 1. The van der Waals surface area contributed by atoms with Crippen molar-refractivity contribution in [1.82, 2.24) is 26.0 Å². The fraction of sp³-hybridized carbons (Fsp3) is 0.690. The normalized spacial score (nSPS) is 29.9. The van der Waals surface area contributed by atoms with Crippen LogP contribution in [0.5, 0.6) is 0 Å². The van der Waals surface area contributed by atoms with E-state index in [9.17, 15) is 28.0 Å². The molecule has 0 saturated carbocycles. The minimum Gasteiger partial charge on any atom is -0.444 e. The van der Waals surface area contributed by atoms with E-state index in [0.29, 0.717) is 57.5 Å². The largest absolute Gasteiger partial charge is 0.444 e. The Balaban J connectivity index is 1.34. The number of nitrogens with one attached hydrogen (secondary N) is 4. The smallest absolute Gasteiger partial charge is 0.410 e. The van der Waals surface area contributed by atoms with Crippen molar-refractivity contribution in [3.8, 4) is 6.07 Å². The summed E-state index contributed by atoms with van der Waals surface area (Å²) in [6.45, 7) is 7.08. The van der Waals surface area contributed by atoms with E-state index in [1.54, 1.807) is 17.0 Å². The fourth-order valence-corrected chi connectivity index (χ4v) is 6.92. The zero-order valence-electron chi connectivity index (χ0n) is 24.3. The molecule has 4 fully saturated rings. The van der Waals surface area contributed by atoms with Gasteiger partial charge in [-0.05, 0) is 77.1 Å². The minimum atomic E-state index is -4.42. The third-order valence-electron chi connectivity index (χ3n) is 9.03. The van der Waals surface area contributed by atoms with E-state index in [-0.39, 0.29) is 36.4 Å². The first-order chi connectivity index (χ1) is 19.8. The Kier molecular flexibility index (Phi) is 8.10. The first kappa shape index (κ1) is 30.4. The summed E-state index contributed by atoms with van der Waals surface area (Å²) in [5.41, 5.74) is 0.940. The average molecular weight is 592 g/mol. The molecule has 5 rings (SSSR count). The van der Waals surface area contributed by atoms with Crippen molar-refractivity contribution in [3.05, 3.63) is 29.8 Å². The highest BCUT2D eigenvalue weighted by Crippen LogP contribution is 2.45. The maximum absolute atomic E-state index is 14.0. The van der Waals surface area contributed by atoms with Gasteiger partial charge < -0.3 is 20.3 Å². The van der Waals surface area contributed by atoms with Crippen LogP contribution >= 0.6 is 0 Å². The van der Waals surface area contributed by atoms with Crippen molar-refractivity contribution in [3.63, 3.8) is 0 Å². The van der Waals surface area contributed by atoms with Crippen molar-refractivity contribution < 1.29 is 27.5 Å². The molecule has 2 amide bonds. The third-order valence-corrected chi connectivity index (χ3v) is 9.03. The van der Waals surface area contributed by atoms with Gasteiger partial charge in [0.15, 0.2) is 0 Å². The lowest BCUT2D eigenvalue weighted by atomic mass is 9.81. The summed E-state index contributed by atoms with van der Waals surface area (Å²) in [7, 11) is 0. The maximum Gasteiger partial charge on any atom is 0.410 e. The molecule has 4 aliphatic heterocycles. The number of carbonyl (C=O) groups is 2. The molecule has 4 atom stereocenters. The summed E-state index contributed by atoms with van der Waals surface area (Å²) >= 11 is 0. The van der Waals surface area contributed by atoms with Crippen molar-refractivity contribution in [1.29, 1.82) is 5.26 Å². The number of halogens is 3. The lowest BCUT2D eigenvalue weighted by Gasteiger charge is -2.48. The average Bonchev–Trinajstić information content (AvgIpc) is 3.56. The zero-order chi connectivity index (χ0) is 30.3. The van der Waals surface area contributed by atoms with Gasteiger partial charge in [0.1, 0.15) is 17.3 Å². The van der Waals surface area contributed by atoms with Crippen LogP contribution in [0.1, 0.15) is 64.9 Å². The number of carbonyl (C=O) groups excluding carboxylic acids is 2. The van der Waals surface area contributed by atoms with Crippen LogP contribution in [0, 0.1) is 17.2 Å². The topological polar surface area (TPSA) is 122 Å². The molecule has 10 nitrogen and oxygen atoms in total. The molecule has 4 aliphatic rings. The molecule has 230 valence electrons. The molecule has 13 heteroatoms. The second kappa shape index (κ2) is 11.2. The Morgan fingerprint density at radius 2 is 1.83 bits per heavy atom. The van der Waals surface area contributed by atoms with Crippen LogP contribution in [-0.2, 0) is 15.1 Å². The number of nitriles is 1. The summed E-state index contributed by atoms with van der Waals surface area (Å²) in [6, 6.07) is 8.34. The zero-order valence-corrected chi connectivity index (χ0v) is 24.3. The number of anilines is 1. The van der Waals surface area contributed by atoms with Crippen LogP contribution in [0.25, 0.3) is 0 Å². The number of likely N-dealkylation sites (tertiary alicyclic amines) is 1. The van der Waals surface area contributed by atoms with Gasteiger partial charge in [-0.25, -0.2) is 15.2 Å². The molecule has 0 aromatic heterocycles. The number of rotatable bonds is 5. The Bertz CT molecular complexity index is 1200. The summed E-state index contributed by atoms with van der Waals surface area (Å²) in [5, 5.41) is 20.8. The van der Waals surface area contributed by atoms with Gasteiger partial charge in [-0.15, -0.1) is 0 Å². The van der Waals surface area contributed by atoms with Gasteiger partial charge in [0, 0.05) is 31.4 Å². The molecule has 4 heterocycles. The summed E-state index contributed by atoms with van der Waals surface area (Å²) < 4.78 is 47.6. The maximum atomic E-state index is 14.0. The van der Waals surface area contributed by atoms with Crippen molar-refractivity contribution in [2.24, 2.45) is 5.92 Å². The monoisotopic (exact) mass is 591 g/mol. The standard InChI is InChI=1S/C29H40F3N7O3/c1-26(2,3)42-25(41)38-17-12-27(11-14-33,13-18-38)39-21-9-16-34-24(40)22(21)23(37-39)36-20-7-5-19(6-8-20)28(29(30,31)32)10-4-15-35-28/h5-8,21-23,35-37H,4,9-13,15-18H2,1-3H3,(H,34,40)/t21?,22?,23?,28-/m1/s1. The number of hydrazine groups is 1. The first-order valence-electron chi connectivity index (χ1n) is 14.7. The Morgan fingerprint density at radius 3 is 2.40 bits per heavy atom. The van der Waals surface area contributed by atoms with Crippen molar-refractivity contribution in [2.75, 3.05) is 31.5 Å². The van der Waals surface area contributed by atoms with Gasteiger partial charge in [0.05, 0.1) is 23.9 Å². The first-order valence-corrected chi connectivity index (χ1v) is 14.7. The highest BCUT2D eigenvalue weighted by molar-refractivity contribution is 5.82. The number of ether oxygens (including phenoxy) is 1. The molecule has 0 aliphatic carbocycles. The highest BCUT2D eigenvalue weighted by Gasteiger charge is 2.58. The third kappa shape index (κ3) is 5.64. The lowest BCUT2D eigenvalue weighted by molar-refractivity contribution is -0.196. The van der Waals surface area contributed by atoms with Crippen molar-refractivity contribution in [2.45, 2.75) is 94.4 Å². The molecule has 42 heavy (non-hydrogen) atoms. The molecule has 0 spiro atoms. The number of amides is 2. The van der Waals surface area contributed by atoms with Crippen LogP contribution in [0.4, 0.5) is 23.7 Å². The SMILES string of the molecule is CC(C)(C)OC(=O)N1CCC(CC#N)(N2NC(Nc3ccc([C@@]4(C(F)(F)F)CCCN4)cc3)C3C(=O)NCCC32)CC1. The molecule has 0 bridgehead atoms. The van der Waals surface area contributed by atoms with Crippen LogP contribution in [-0.4, -0.2) is 77.6 Å². The Morgan fingerprint density at radius 1 is 1.14 bits per heavy atom. The van der Waals surface area contributed by atoms with E-state index in [4.69, 9.17) is 4.74 Å². The second-order valence-electron chi connectivity index (χ2n) is 12.8. The van der Waals surface area contributed by atoms with Gasteiger partial charge in [-0.3, -0.25) is 10.1 Å². The van der Waals surface area contributed by atoms with Crippen molar-refractivity contribution >= 4 is 17.7 Å². The highest BCUT2D eigenvalue weighted by atomic mass is 19.4. The van der Waals surface area contributed by atoms with Gasteiger partial charge in [0.2, 0.25) is 5.91 Å². The summed E-state index contributed by atoms with van der Waals surface area (Å²) in [6.07, 6.45) is -3.00. The molecule has 4 N–H and O–H groups in total. The van der Waals surface area contributed by atoms with Gasteiger partial charge >= 0.3 is 12.3 Å². The number of alkyl halides is 3. The van der Waals surface area contributed by atoms with E-state index < -0.39 is 34.9 Å². The van der Waals surface area contributed by atoms with Crippen LogP contribution < -0.4 is 21.4 Å². The van der Waals surface area contributed by atoms with E-state index in [1.807, 2.05) is 20.8 Å². The fourth-order valence-electron chi connectivity index (χ4n) is 6.92. The van der Waals surface area contributed by atoms with Crippen LogP contribution in [0.15, 0.2) is 24.3 Å².